The zero-order valence-electron chi connectivity index (χ0n) is 10.9. The van der Waals surface area contributed by atoms with Crippen molar-refractivity contribution in [2.45, 2.75) is 19.8 Å². The molecule has 3 nitrogen and oxygen atoms in total. The first-order valence-corrected chi connectivity index (χ1v) is 6.28. The Labute approximate surface area is 113 Å². The number of ether oxygens (including phenoxy) is 1. The Morgan fingerprint density at radius 1 is 1.05 bits per heavy atom. The summed E-state index contributed by atoms with van der Waals surface area (Å²) in [4.78, 5) is 0. The van der Waals surface area contributed by atoms with Crippen molar-refractivity contribution in [2.24, 2.45) is 5.16 Å². The molecule has 2 aromatic rings. The Bertz CT molecular complexity index is 550. The Kier molecular flexibility index (Phi) is 4.56. The average molecular weight is 255 g/mol. The molecule has 0 spiro atoms. The predicted octanol–water partition coefficient (Wildman–Crippen LogP) is 4.26. The molecule has 0 aliphatic rings. The summed E-state index contributed by atoms with van der Waals surface area (Å²) in [6.07, 6.45) is 1.50. The fourth-order valence-corrected chi connectivity index (χ4v) is 1.79. The number of oxime groups is 1. The second-order valence-electron chi connectivity index (χ2n) is 4.36. The van der Waals surface area contributed by atoms with Crippen molar-refractivity contribution in [1.82, 2.24) is 0 Å². The van der Waals surface area contributed by atoms with Gasteiger partial charge in [-0.25, -0.2) is 0 Å². The largest absolute Gasteiger partial charge is 0.457 e. The maximum Gasteiger partial charge on any atom is 0.130 e. The minimum Gasteiger partial charge on any atom is -0.457 e. The van der Waals surface area contributed by atoms with Crippen molar-refractivity contribution in [3.05, 3.63) is 60.2 Å². The number of aryl methyl sites for hydroxylation is 1. The van der Waals surface area contributed by atoms with E-state index in [2.05, 4.69) is 5.16 Å². The van der Waals surface area contributed by atoms with Crippen LogP contribution in [0.1, 0.15) is 18.9 Å². The topological polar surface area (TPSA) is 41.8 Å². The number of para-hydroxylation sites is 2. The maximum atomic E-state index is 8.67. The van der Waals surface area contributed by atoms with Gasteiger partial charge in [0.2, 0.25) is 0 Å². The molecule has 0 heterocycles. The van der Waals surface area contributed by atoms with E-state index in [9.17, 15) is 0 Å². The van der Waals surface area contributed by atoms with Gasteiger partial charge in [0.15, 0.2) is 0 Å². The van der Waals surface area contributed by atoms with Gasteiger partial charge in [0, 0.05) is 0 Å². The lowest BCUT2D eigenvalue weighted by molar-refractivity contribution is 0.317. The molecule has 0 aliphatic carbocycles. The van der Waals surface area contributed by atoms with Gasteiger partial charge in [-0.1, -0.05) is 41.6 Å². The molecule has 0 saturated carbocycles. The molecule has 3 heteroatoms. The second-order valence-corrected chi connectivity index (χ2v) is 4.36. The number of hydrogen-bond acceptors (Lipinski definition) is 3. The minimum atomic E-state index is 0.714. The zero-order chi connectivity index (χ0) is 13.5. The van der Waals surface area contributed by atoms with E-state index in [4.69, 9.17) is 9.94 Å². The molecule has 0 radical (unpaired) electrons. The molecule has 0 aromatic heterocycles. The van der Waals surface area contributed by atoms with E-state index in [1.165, 1.54) is 0 Å². The van der Waals surface area contributed by atoms with E-state index in [0.717, 1.165) is 29.2 Å². The predicted molar refractivity (Wildman–Crippen MR) is 76.2 cm³/mol. The van der Waals surface area contributed by atoms with Gasteiger partial charge >= 0.3 is 0 Å². The minimum absolute atomic E-state index is 0.714. The van der Waals surface area contributed by atoms with Crippen LogP contribution in [0.5, 0.6) is 11.5 Å². The van der Waals surface area contributed by atoms with Crippen molar-refractivity contribution in [3.63, 3.8) is 0 Å². The van der Waals surface area contributed by atoms with Gasteiger partial charge in [0.25, 0.3) is 0 Å². The molecule has 2 rings (SSSR count). The number of benzene rings is 2. The van der Waals surface area contributed by atoms with Crippen LogP contribution in [-0.4, -0.2) is 10.9 Å². The monoisotopic (exact) mass is 255 g/mol. The Morgan fingerprint density at radius 2 is 1.74 bits per heavy atom. The summed E-state index contributed by atoms with van der Waals surface area (Å²) in [6, 6.07) is 17.6. The molecule has 0 atom stereocenters. The van der Waals surface area contributed by atoms with Crippen molar-refractivity contribution < 1.29 is 9.94 Å². The van der Waals surface area contributed by atoms with Crippen LogP contribution in [0.15, 0.2) is 59.8 Å². The van der Waals surface area contributed by atoms with E-state index < -0.39 is 0 Å². The molecule has 1 N–H and O–H groups in total. The van der Waals surface area contributed by atoms with Gasteiger partial charge < -0.3 is 9.94 Å². The number of nitrogens with zero attached hydrogens (tertiary/aromatic N) is 1. The lowest BCUT2D eigenvalue weighted by atomic mass is 10.1. The summed E-state index contributed by atoms with van der Waals surface area (Å²) in [6.45, 7) is 1.81. The summed E-state index contributed by atoms with van der Waals surface area (Å²) in [5.41, 5.74) is 1.82. The standard InChI is InChI=1S/C16H17NO2/c1-13(17-18)11-12-14-7-5-6-10-16(14)19-15-8-3-2-4-9-15/h2-10,18H,11-12H2,1H3/b17-13-. The van der Waals surface area contributed by atoms with Gasteiger partial charge in [-0.3, -0.25) is 0 Å². The molecule has 19 heavy (non-hydrogen) atoms. The van der Waals surface area contributed by atoms with Crippen LogP contribution in [0.2, 0.25) is 0 Å². The fraction of sp³-hybridized carbons (Fsp3) is 0.188. The molecular weight excluding hydrogens is 238 g/mol. The van der Waals surface area contributed by atoms with Gasteiger partial charge in [0.05, 0.1) is 5.71 Å². The van der Waals surface area contributed by atoms with Gasteiger partial charge in [0.1, 0.15) is 11.5 Å². The van der Waals surface area contributed by atoms with Crippen molar-refractivity contribution in [1.29, 1.82) is 0 Å². The van der Waals surface area contributed by atoms with E-state index in [1.54, 1.807) is 6.92 Å². The van der Waals surface area contributed by atoms with Gasteiger partial charge in [-0.05, 0) is 43.5 Å². The quantitative estimate of drug-likeness (QED) is 0.492. The molecule has 0 bridgehead atoms. The highest BCUT2D eigenvalue weighted by atomic mass is 16.5. The van der Waals surface area contributed by atoms with Crippen molar-refractivity contribution >= 4 is 5.71 Å². The molecule has 0 fully saturated rings. The summed E-state index contributed by atoms with van der Waals surface area (Å²) >= 11 is 0. The number of hydrogen-bond donors (Lipinski definition) is 1. The highest BCUT2D eigenvalue weighted by molar-refractivity contribution is 5.81. The Balaban J connectivity index is 2.12. The third-order valence-electron chi connectivity index (χ3n) is 2.87. The SMILES string of the molecule is C/C(CCc1ccccc1Oc1ccccc1)=N/O. The maximum absolute atomic E-state index is 8.67. The van der Waals surface area contributed by atoms with Gasteiger partial charge in [-0.2, -0.15) is 0 Å². The molecule has 0 unspecified atom stereocenters. The second kappa shape index (κ2) is 6.59. The van der Waals surface area contributed by atoms with E-state index >= 15 is 0 Å². The van der Waals surface area contributed by atoms with E-state index in [1.807, 2.05) is 54.6 Å². The number of rotatable bonds is 5. The molecule has 0 amide bonds. The van der Waals surface area contributed by atoms with E-state index in [0.29, 0.717) is 6.42 Å². The van der Waals surface area contributed by atoms with Crippen LogP contribution >= 0.6 is 0 Å². The van der Waals surface area contributed by atoms with E-state index in [-0.39, 0.29) is 0 Å². The van der Waals surface area contributed by atoms with Crippen LogP contribution in [-0.2, 0) is 6.42 Å². The van der Waals surface area contributed by atoms with Crippen LogP contribution in [0.25, 0.3) is 0 Å². The molecule has 98 valence electrons. The highest BCUT2D eigenvalue weighted by Crippen LogP contribution is 2.25. The lowest BCUT2D eigenvalue weighted by Gasteiger charge is -2.10. The Morgan fingerprint density at radius 3 is 2.47 bits per heavy atom. The Hall–Kier alpha value is -2.29. The lowest BCUT2D eigenvalue weighted by Crippen LogP contribution is -1.97. The summed E-state index contributed by atoms with van der Waals surface area (Å²) < 4.78 is 5.87. The fourth-order valence-electron chi connectivity index (χ4n) is 1.79. The van der Waals surface area contributed by atoms with Crippen LogP contribution < -0.4 is 4.74 Å². The smallest absolute Gasteiger partial charge is 0.130 e. The van der Waals surface area contributed by atoms with Crippen LogP contribution in [0.4, 0.5) is 0 Å². The third kappa shape index (κ3) is 3.85. The van der Waals surface area contributed by atoms with Crippen molar-refractivity contribution in [3.8, 4) is 11.5 Å². The summed E-state index contributed by atoms with van der Waals surface area (Å²) in [5.74, 6) is 1.67. The first-order chi connectivity index (χ1) is 9.29. The first kappa shape index (κ1) is 13.1. The summed E-state index contributed by atoms with van der Waals surface area (Å²) in [7, 11) is 0. The van der Waals surface area contributed by atoms with Gasteiger partial charge in [-0.15, -0.1) is 0 Å². The highest BCUT2D eigenvalue weighted by Gasteiger charge is 2.05. The van der Waals surface area contributed by atoms with Crippen molar-refractivity contribution in [2.75, 3.05) is 0 Å². The molecular formula is C16H17NO2. The molecule has 2 aromatic carbocycles. The van der Waals surface area contributed by atoms with Crippen LogP contribution in [0, 0.1) is 0 Å². The average Bonchev–Trinajstić information content (AvgIpc) is 2.47. The normalized spacial score (nSPS) is 11.3. The van der Waals surface area contributed by atoms with Crippen LogP contribution in [0.3, 0.4) is 0 Å². The first-order valence-electron chi connectivity index (χ1n) is 6.28. The summed E-state index contributed by atoms with van der Waals surface area (Å²) in [5, 5.41) is 11.9. The molecule has 0 saturated heterocycles. The zero-order valence-corrected chi connectivity index (χ0v) is 10.9. The molecule has 0 aliphatic heterocycles. The third-order valence-corrected chi connectivity index (χ3v) is 2.87.